The molecule has 2 aromatic carbocycles. The Kier molecular flexibility index (Phi) is 4.92. The highest BCUT2D eigenvalue weighted by atomic mass is 32.1. The quantitative estimate of drug-likeness (QED) is 0.726. The van der Waals surface area contributed by atoms with Gasteiger partial charge in [0, 0.05) is 11.1 Å². The zero-order valence-electron chi connectivity index (χ0n) is 13.0. The van der Waals surface area contributed by atoms with E-state index < -0.39 is 0 Å². The summed E-state index contributed by atoms with van der Waals surface area (Å²) in [4.78, 5) is 0.729. The molecule has 0 amide bonds. The Morgan fingerprint density at radius 2 is 2.00 bits per heavy atom. The van der Waals surface area contributed by atoms with Crippen LogP contribution in [-0.4, -0.2) is 13.6 Å². The Bertz CT molecular complexity index is 820. The second-order valence-electron chi connectivity index (χ2n) is 5.33. The minimum absolute atomic E-state index is 0.0106. The van der Waals surface area contributed by atoms with Crippen LogP contribution in [0.25, 0.3) is 10.1 Å². The highest BCUT2D eigenvalue weighted by molar-refractivity contribution is 7.19. The average Bonchev–Trinajstić information content (AvgIpc) is 3.01. The summed E-state index contributed by atoms with van der Waals surface area (Å²) in [6.45, 7) is 0.888. The second-order valence-corrected chi connectivity index (χ2v) is 6.42. The van der Waals surface area contributed by atoms with Gasteiger partial charge in [0.1, 0.15) is 22.8 Å². The van der Waals surface area contributed by atoms with Crippen LogP contribution >= 0.6 is 11.3 Å². The molecule has 3 aromatic rings. The molecule has 0 fully saturated rings. The van der Waals surface area contributed by atoms with E-state index in [1.807, 2.05) is 49.5 Å². The molecule has 3 rings (SSSR count). The first-order chi connectivity index (χ1) is 11.3. The van der Waals surface area contributed by atoms with Crippen LogP contribution in [0.3, 0.4) is 0 Å². The molecule has 0 aliphatic carbocycles. The van der Waals surface area contributed by atoms with Crippen LogP contribution in [0.5, 0.6) is 5.75 Å². The lowest BCUT2D eigenvalue weighted by atomic mass is 10.1. The number of hydrogen-bond donors (Lipinski definition) is 1. The van der Waals surface area contributed by atoms with Crippen molar-refractivity contribution in [2.24, 2.45) is 0 Å². The summed E-state index contributed by atoms with van der Waals surface area (Å²) in [5.74, 6) is 0.841. The van der Waals surface area contributed by atoms with Gasteiger partial charge in [-0.1, -0.05) is 30.3 Å². The van der Waals surface area contributed by atoms with Crippen LogP contribution in [0.1, 0.15) is 23.0 Å². The minimum Gasteiger partial charge on any atom is -0.486 e. The maximum absolute atomic E-state index is 9.02. The Balaban J connectivity index is 1.85. The molecule has 4 heteroatoms. The summed E-state index contributed by atoms with van der Waals surface area (Å²) >= 11 is 1.50. The molecular weight excluding hydrogens is 304 g/mol. The number of benzene rings is 2. The molecule has 0 saturated carbocycles. The van der Waals surface area contributed by atoms with Gasteiger partial charge in [-0.15, -0.1) is 11.3 Å². The van der Waals surface area contributed by atoms with Crippen molar-refractivity contribution in [2.45, 2.75) is 12.5 Å². The van der Waals surface area contributed by atoms with Gasteiger partial charge in [0.15, 0.2) is 0 Å². The van der Waals surface area contributed by atoms with Gasteiger partial charge in [0.05, 0.1) is 0 Å². The van der Waals surface area contributed by atoms with Gasteiger partial charge in [-0.2, -0.15) is 5.26 Å². The second kappa shape index (κ2) is 7.28. The van der Waals surface area contributed by atoms with Gasteiger partial charge in [-0.3, -0.25) is 0 Å². The Labute approximate surface area is 140 Å². The zero-order chi connectivity index (χ0) is 16.1. The molecule has 0 radical (unpaired) electrons. The molecule has 1 heterocycles. The van der Waals surface area contributed by atoms with E-state index in [-0.39, 0.29) is 6.10 Å². The van der Waals surface area contributed by atoms with Crippen molar-refractivity contribution in [1.82, 2.24) is 5.32 Å². The van der Waals surface area contributed by atoms with E-state index in [1.165, 1.54) is 16.9 Å². The van der Waals surface area contributed by atoms with Crippen molar-refractivity contribution in [3.8, 4) is 11.8 Å². The lowest BCUT2D eigenvalue weighted by Crippen LogP contribution is -2.16. The molecule has 116 valence electrons. The normalized spacial score (nSPS) is 12.0. The van der Waals surface area contributed by atoms with Gasteiger partial charge in [-0.05, 0) is 48.8 Å². The van der Waals surface area contributed by atoms with Crippen LogP contribution in [0, 0.1) is 11.3 Å². The van der Waals surface area contributed by atoms with E-state index in [9.17, 15) is 0 Å². The highest BCUT2D eigenvalue weighted by Gasteiger charge is 2.13. The molecule has 3 nitrogen and oxygen atoms in total. The fourth-order valence-corrected chi connectivity index (χ4v) is 3.43. The number of rotatable bonds is 6. The predicted molar refractivity (Wildman–Crippen MR) is 94.9 cm³/mol. The molecule has 0 aliphatic rings. The number of nitrogens with one attached hydrogen (secondary N) is 1. The van der Waals surface area contributed by atoms with Crippen LogP contribution in [0.4, 0.5) is 0 Å². The number of thiophene rings is 1. The maximum Gasteiger partial charge on any atom is 0.125 e. The molecule has 0 aliphatic heterocycles. The molecule has 0 saturated heterocycles. The molecule has 0 unspecified atom stereocenters. The van der Waals surface area contributed by atoms with Crippen molar-refractivity contribution >= 4 is 21.4 Å². The molecule has 0 bridgehead atoms. The average molecular weight is 322 g/mol. The third kappa shape index (κ3) is 3.70. The molecule has 0 spiro atoms. The van der Waals surface area contributed by atoms with Crippen LogP contribution < -0.4 is 10.1 Å². The first-order valence-corrected chi connectivity index (χ1v) is 8.41. The monoisotopic (exact) mass is 322 g/mol. The van der Waals surface area contributed by atoms with E-state index in [0.29, 0.717) is 0 Å². The van der Waals surface area contributed by atoms with E-state index >= 15 is 0 Å². The van der Waals surface area contributed by atoms with Crippen LogP contribution in [-0.2, 0) is 0 Å². The van der Waals surface area contributed by atoms with Crippen molar-refractivity contribution in [1.29, 1.82) is 5.26 Å². The van der Waals surface area contributed by atoms with E-state index in [1.54, 1.807) is 0 Å². The maximum atomic E-state index is 9.02. The standard InChI is InChI=1S/C19H18N2OS/c1-21-10-9-18(14-5-3-2-4-6-14)22-16-8-7-15-11-17(13-20)23-19(15)12-16/h2-8,11-12,18,21H,9-10H2,1H3/t18-/m0/s1. The van der Waals surface area contributed by atoms with Crippen molar-refractivity contribution in [3.05, 3.63) is 65.0 Å². The van der Waals surface area contributed by atoms with Crippen LogP contribution in [0.15, 0.2) is 54.6 Å². The first kappa shape index (κ1) is 15.5. The van der Waals surface area contributed by atoms with Gasteiger partial charge in [0.25, 0.3) is 0 Å². The van der Waals surface area contributed by atoms with E-state index in [0.717, 1.165) is 33.7 Å². The lowest BCUT2D eigenvalue weighted by molar-refractivity contribution is 0.195. The van der Waals surface area contributed by atoms with Crippen molar-refractivity contribution in [2.75, 3.05) is 13.6 Å². The third-order valence-electron chi connectivity index (χ3n) is 3.71. The summed E-state index contributed by atoms with van der Waals surface area (Å²) in [6.07, 6.45) is 0.906. The first-order valence-electron chi connectivity index (χ1n) is 7.60. The topological polar surface area (TPSA) is 45.0 Å². The summed E-state index contributed by atoms with van der Waals surface area (Å²) < 4.78 is 7.32. The molecule has 1 atom stereocenters. The highest BCUT2D eigenvalue weighted by Crippen LogP contribution is 2.31. The van der Waals surface area contributed by atoms with Gasteiger partial charge < -0.3 is 10.1 Å². The Morgan fingerprint density at radius 3 is 2.74 bits per heavy atom. The molecule has 1 aromatic heterocycles. The van der Waals surface area contributed by atoms with Crippen LogP contribution in [0.2, 0.25) is 0 Å². The summed E-state index contributed by atoms with van der Waals surface area (Å²) in [5, 5.41) is 13.3. The van der Waals surface area contributed by atoms with Gasteiger partial charge in [-0.25, -0.2) is 0 Å². The van der Waals surface area contributed by atoms with E-state index in [4.69, 9.17) is 10.00 Å². The molecule has 1 N–H and O–H groups in total. The molecular formula is C19H18N2OS. The van der Waals surface area contributed by atoms with E-state index in [2.05, 4.69) is 23.5 Å². The fourth-order valence-electron chi connectivity index (χ4n) is 2.54. The summed E-state index contributed by atoms with van der Waals surface area (Å²) in [6, 6.07) is 20.4. The number of nitriles is 1. The number of hydrogen-bond acceptors (Lipinski definition) is 4. The summed E-state index contributed by atoms with van der Waals surface area (Å²) in [7, 11) is 1.95. The summed E-state index contributed by atoms with van der Waals surface area (Å²) in [5.41, 5.74) is 1.17. The predicted octanol–water partition coefficient (Wildman–Crippen LogP) is 4.50. The Hall–Kier alpha value is -2.35. The third-order valence-corrected chi connectivity index (χ3v) is 4.71. The number of ether oxygens (including phenoxy) is 1. The lowest BCUT2D eigenvalue weighted by Gasteiger charge is -2.19. The molecule has 23 heavy (non-hydrogen) atoms. The van der Waals surface area contributed by atoms with Gasteiger partial charge >= 0.3 is 0 Å². The van der Waals surface area contributed by atoms with Crippen molar-refractivity contribution < 1.29 is 4.74 Å². The van der Waals surface area contributed by atoms with Gasteiger partial charge in [0.2, 0.25) is 0 Å². The zero-order valence-corrected chi connectivity index (χ0v) is 13.8. The number of nitrogens with zero attached hydrogens (tertiary/aromatic N) is 1. The number of fused-ring (bicyclic) bond motifs is 1. The largest absolute Gasteiger partial charge is 0.486 e. The Morgan fingerprint density at radius 1 is 1.17 bits per heavy atom. The fraction of sp³-hybridized carbons (Fsp3) is 0.211. The minimum atomic E-state index is 0.0106. The van der Waals surface area contributed by atoms with Crippen molar-refractivity contribution in [3.63, 3.8) is 0 Å². The SMILES string of the molecule is CNCC[C@H](Oc1ccc2cc(C#N)sc2c1)c1ccccc1. The smallest absolute Gasteiger partial charge is 0.125 e.